The second-order valence-electron chi connectivity index (χ2n) is 10.9. The average molecular weight is 514 g/mol. The second kappa shape index (κ2) is 10.4. The molecule has 0 amide bonds. The minimum Gasteiger partial charge on any atom is -0.508 e. The van der Waals surface area contributed by atoms with Gasteiger partial charge in [-0.25, -0.2) is 0 Å². The van der Waals surface area contributed by atoms with Crippen molar-refractivity contribution in [3.8, 4) is 23.0 Å². The van der Waals surface area contributed by atoms with Crippen molar-refractivity contribution in [1.82, 2.24) is 4.90 Å². The highest BCUT2D eigenvalue weighted by atomic mass is 16.5. The molecular formula is C32H35NO5. The molecule has 3 atom stereocenters. The zero-order valence-electron chi connectivity index (χ0n) is 22.0. The van der Waals surface area contributed by atoms with Crippen LogP contribution < -0.4 is 9.47 Å². The van der Waals surface area contributed by atoms with E-state index in [1.807, 2.05) is 30.3 Å². The highest BCUT2D eigenvalue weighted by Gasteiger charge is 2.37. The quantitative estimate of drug-likeness (QED) is 0.410. The van der Waals surface area contributed by atoms with E-state index in [0.29, 0.717) is 25.9 Å². The summed E-state index contributed by atoms with van der Waals surface area (Å²) in [7, 11) is 0. The topological polar surface area (TPSA) is 71.4 Å². The van der Waals surface area contributed by atoms with Crippen LogP contribution in [0.5, 0.6) is 23.0 Å². The molecule has 38 heavy (non-hydrogen) atoms. The van der Waals surface area contributed by atoms with Crippen LogP contribution in [-0.4, -0.2) is 54.1 Å². The minimum atomic E-state index is -0.386. The van der Waals surface area contributed by atoms with E-state index in [2.05, 4.69) is 30.9 Å². The van der Waals surface area contributed by atoms with Gasteiger partial charge < -0.3 is 24.4 Å². The van der Waals surface area contributed by atoms with Gasteiger partial charge >= 0.3 is 0 Å². The molecule has 0 radical (unpaired) electrons. The fourth-order valence-corrected chi connectivity index (χ4v) is 5.79. The Kier molecular flexibility index (Phi) is 6.76. The Morgan fingerprint density at radius 3 is 2.45 bits per heavy atom. The highest BCUT2D eigenvalue weighted by molar-refractivity contribution is 5.97. The maximum Gasteiger partial charge on any atom is 0.150 e. The van der Waals surface area contributed by atoms with Gasteiger partial charge in [0.05, 0.1) is 13.2 Å². The lowest BCUT2D eigenvalue weighted by atomic mass is 9.79. The Bertz CT molecular complexity index is 1330. The lowest BCUT2D eigenvalue weighted by Gasteiger charge is -2.38. The molecule has 198 valence electrons. The van der Waals surface area contributed by atoms with Crippen LogP contribution in [0.1, 0.15) is 43.1 Å². The lowest BCUT2D eigenvalue weighted by Crippen LogP contribution is -2.35. The normalized spacial score (nSPS) is 22.5. The van der Waals surface area contributed by atoms with Gasteiger partial charge in [0, 0.05) is 29.6 Å². The SMILES string of the molecule is CC1CCN(C(C)COc2ccc(C3Oc4ccc(O)cc4C(C4COC4)=C3c3cccc(O)c3)cc2)C1. The summed E-state index contributed by atoms with van der Waals surface area (Å²) in [5, 5.41) is 20.6. The first-order valence-corrected chi connectivity index (χ1v) is 13.5. The summed E-state index contributed by atoms with van der Waals surface area (Å²) in [6.07, 6.45) is 0.871. The number of hydrogen-bond donors (Lipinski definition) is 2. The van der Waals surface area contributed by atoms with Gasteiger partial charge in [-0.2, -0.15) is 0 Å². The van der Waals surface area contributed by atoms with Crippen molar-refractivity contribution in [2.75, 3.05) is 32.9 Å². The van der Waals surface area contributed by atoms with E-state index in [1.54, 1.807) is 24.3 Å². The zero-order valence-corrected chi connectivity index (χ0v) is 22.0. The molecule has 3 aliphatic rings. The monoisotopic (exact) mass is 513 g/mol. The van der Waals surface area contributed by atoms with Gasteiger partial charge in [-0.15, -0.1) is 0 Å². The third kappa shape index (κ3) is 4.86. The maximum absolute atomic E-state index is 10.3. The summed E-state index contributed by atoms with van der Waals surface area (Å²) < 4.78 is 18.4. The van der Waals surface area contributed by atoms with Crippen molar-refractivity contribution < 1.29 is 24.4 Å². The minimum absolute atomic E-state index is 0.177. The van der Waals surface area contributed by atoms with Crippen LogP contribution in [0.4, 0.5) is 0 Å². The molecule has 3 aromatic carbocycles. The second-order valence-corrected chi connectivity index (χ2v) is 10.9. The lowest BCUT2D eigenvalue weighted by molar-refractivity contribution is -0.00314. The van der Waals surface area contributed by atoms with Gasteiger partial charge in [-0.1, -0.05) is 31.2 Å². The molecule has 3 aliphatic heterocycles. The van der Waals surface area contributed by atoms with Crippen molar-refractivity contribution in [3.05, 3.63) is 83.4 Å². The predicted octanol–water partition coefficient (Wildman–Crippen LogP) is 5.90. The van der Waals surface area contributed by atoms with E-state index >= 15 is 0 Å². The van der Waals surface area contributed by atoms with E-state index in [4.69, 9.17) is 14.2 Å². The summed E-state index contributed by atoms with van der Waals surface area (Å²) in [5.74, 6) is 2.89. The number of rotatable bonds is 7. The number of aromatic hydroxyl groups is 2. The van der Waals surface area contributed by atoms with Crippen molar-refractivity contribution in [2.45, 2.75) is 32.4 Å². The number of nitrogens with zero attached hydrogens (tertiary/aromatic N) is 1. The Labute approximate surface area is 224 Å². The number of phenolic OH excluding ortho intramolecular Hbond substituents is 2. The first-order valence-electron chi connectivity index (χ1n) is 13.5. The smallest absolute Gasteiger partial charge is 0.150 e. The fourth-order valence-electron chi connectivity index (χ4n) is 5.79. The fraction of sp³-hybridized carbons (Fsp3) is 0.375. The molecule has 0 aliphatic carbocycles. The summed E-state index contributed by atoms with van der Waals surface area (Å²) in [5.41, 5.74) is 4.84. The van der Waals surface area contributed by atoms with Gasteiger partial charge in [-0.05, 0) is 85.0 Å². The first kappa shape index (κ1) is 24.8. The van der Waals surface area contributed by atoms with Crippen LogP contribution in [0, 0.1) is 11.8 Å². The largest absolute Gasteiger partial charge is 0.508 e. The summed E-state index contributed by atoms with van der Waals surface area (Å²) in [6.45, 7) is 8.70. The van der Waals surface area contributed by atoms with Crippen molar-refractivity contribution in [3.63, 3.8) is 0 Å². The molecule has 3 aromatic rings. The number of fused-ring (bicyclic) bond motifs is 1. The molecule has 6 rings (SSSR count). The third-order valence-electron chi connectivity index (χ3n) is 8.01. The van der Waals surface area contributed by atoms with Gasteiger partial charge in [-0.3, -0.25) is 4.90 Å². The van der Waals surface area contributed by atoms with Crippen molar-refractivity contribution in [1.29, 1.82) is 0 Å². The van der Waals surface area contributed by atoms with Crippen LogP contribution >= 0.6 is 0 Å². The van der Waals surface area contributed by atoms with E-state index in [-0.39, 0.29) is 23.5 Å². The Hall–Kier alpha value is -3.48. The molecule has 3 unspecified atom stereocenters. The maximum atomic E-state index is 10.3. The predicted molar refractivity (Wildman–Crippen MR) is 147 cm³/mol. The third-order valence-corrected chi connectivity index (χ3v) is 8.01. The van der Waals surface area contributed by atoms with Crippen molar-refractivity contribution in [2.24, 2.45) is 11.8 Å². The first-order chi connectivity index (χ1) is 18.5. The van der Waals surface area contributed by atoms with Gasteiger partial charge in [0.15, 0.2) is 0 Å². The number of hydrogen-bond acceptors (Lipinski definition) is 6. The summed E-state index contributed by atoms with van der Waals surface area (Å²) >= 11 is 0. The van der Waals surface area contributed by atoms with Crippen LogP contribution in [0.3, 0.4) is 0 Å². The molecule has 0 bridgehead atoms. The number of phenols is 2. The molecule has 2 N–H and O–H groups in total. The molecule has 0 aromatic heterocycles. The Balaban J connectivity index is 1.33. The molecule has 6 nitrogen and oxygen atoms in total. The Morgan fingerprint density at radius 2 is 1.76 bits per heavy atom. The molecule has 6 heteroatoms. The molecule has 2 saturated heterocycles. The van der Waals surface area contributed by atoms with Gasteiger partial charge in [0.1, 0.15) is 35.7 Å². The highest BCUT2D eigenvalue weighted by Crippen LogP contribution is 2.51. The molecule has 2 fully saturated rings. The Morgan fingerprint density at radius 1 is 0.974 bits per heavy atom. The van der Waals surface area contributed by atoms with Gasteiger partial charge in [0.2, 0.25) is 0 Å². The number of ether oxygens (including phenoxy) is 3. The summed E-state index contributed by atoms with van der Waals surface area (Å²) in [6, 6.07) is 21.1. The van der Waals surface area contributed by atoms with Crippen LogP contribution in [-0.2, 0) is 4.74 Å². The van der Waals surface area contributed by atoms with Crippen molar-refractivity contribution >= 4 is 11.1 Å². The van der Waals surface area contributed by atoms with Crippen LogP contribution in [0.15, 0.2) is 66.7 Å². The van der Waals surface area contributed by atoms with E-state index in [0.717, 1.165) is 58.3 Å². The molecule has 0 spiro atoms. The molecular weight excluding hydrogens is 478 g/mol. The number of benzene rings is 3. The van der Waals surface area contributed by atoms with E-state index in [9.17, 15) is 10.2 Å². The standard InChI is InChI=1S/C32H35NO5/c1-20-12-13-33(16-20)21(2)17-37-27-9-6-22(7-10-27)32-31(23-4-3-5-25(34)14-23)30(24-18-36-19-24)28-15-26(35)8-11-29(28)38-32/h3-11,14-15,20-21,24,32,34-35H,12-13,16-19H2,1-2H3. The average Bonchev–Trinajstić information content (AvgIpc) is 3.33. The van der Waals surface area contributed by atoms with Crippen LogP contribution in [0.2, 0.25) is 0 Å². The molecule has 3 heterocycles. The van der Waals surface area contributed by atoms with E-state index < -0.39 is 0 Å². The molecule has 0 saturated carbocycles. The van der Waals surface area contributed by atoms with E-state index in [1.165, 1.54) is 6.42 Å². The van der Waals surface area contributed by atoms with Crippen LogP contribution in [0.25, 0.3) is 11.1 Å². The zero-order chi connectivity index (χ0) is 26.2. The summed E-state index contributed by atoms with van der Waals surface area (Å²) in [4.78, 5) is 2.50. The van der Waals surface area contributed by atoms with Gasteiger partial charge in [0.25, 0.3) is 0 Å². The number of likely N-dealkylation sites (tertiary alicyclic amines) is 1.